The number of ether oxygens (including phenoxy) is 1. The first-order valence-corrected chi connectivity index (χ1v) is 9.62. The summed E-state index contributed by atoms with van der Waals surface area (Å²) in [6, 6.07) is 17.1. The summed E-state index contributed by atoms with van der Waals surface area (Å²) in [6.45, 7) is 8.55. The minimum atomic E-state index is -0.367. The van der Waals surface area contributed by atoms with Crippen LogP contribution in [0.3, 0.4) is 0 Å². The molecule has 0 saturated heterocycles. The van der Waals surface area contributed by atoms with Crippen LogP contribution in [-0.2, 0) is 4.74 Å². The quantitative estimate of drug-likeness (QED) is 0.400. The summed E-state index contributed by atoms with van der Waals surface area (Å²) in [5.41, 5.74) is 4.23. The predicted octanol–water partition coefficient (Wildman–Crippen LogP) is 6.10. The fourth-order valence-electron chi connectivity index (χ4n) is 3.41. The van der Waals surface area contributed by atoms with Gasteiger partial charge in [0.2, 0.25) is 0 Å². The highest BCUT2D eigenvalue weighted by atomic mass is 16.5. The van der Waals surface area contributed by atoms with Crippen LogP contribution in [0.4, 0.5) is 0 Å². The van der Waals surface area contributed by atoms with Gasteiger partial charge in [-0.05, 0) is 51.9 Å². The van der Waals surface area contributed by atoms with Gasteiger partial charge in [-0.3, -0.25) is 4.79 Å². The van der Waals surface area contributed by atoms with E-state index in [2.05, 4.69) is 33.8 Å². The Labute approximate surface area is 166 Å². The van der Waals surface area contributed by atoms with Gasteiger partial charge in [0.05, 0.1) is 12.7 Å². The van der Waals surface area contributed by atoms with Gasteiger partial charge in [0.25, 0.3) is 0 Å². The molecule has 0 aliphatic heterocycles. The molecule has 3 aromatic carbocycles. The third kappa shape index (κ3) is 3.84. The van der Waals surface area contributed by atoms with E-state index in [0.717, 1.165) is 21.9 Å². The van der Waals surface area contributed by atoms with E-state index in [1.165, 1.54) is 12.7 Å². The number of ketones is 1. The van der Waals surface area contributed by atoms with E-state index in [0.29, 0.717) is 17.0 Å². The zero-order chi connectivity index (χ0) is 20.4. The fraction of sp³-hybridized carbons (Fsp3) is 0.280. The second kappa shape index (κ2) is 7.97. The molecule has 3 rings (SSSR count). The van der Waals surface area contributed by atoms with Crippen LogP contribution in [0, 0.1) is 0 Å². The third-order valence-electron chi connectivity index (χ3n) is 5.13. The smallest absolute Gasteiger partial charge is 0.337 e. The van der Waals surface area contributed by atoms with E-state index < -0.39 is 0 Å². The van der Waals surface area contributed by atoms with Crippen molar-refractivity contribution in [1.82, 2.24) is 0 Å². The van der Waals surface area contributed by atoms with E-state index in [-0.39, 0.29) is 17.7 Å². The molecule has 3 nitrogen and oxygen atoms in total. The molecule has 0 aliphatic rings. The van der Waals surface area contributed by atoms with Gasteiger partial charge in [0.15, 0.2) is 5.78 Å². The van der Waals surface area contributed by atoms with Gasteiger partial charge in [-0.15, -0.1) is 0 Å². The minimum absolute atomic E-state index is 0.0259. The van der Waals surface area contributed by atoms with E-state index in [1.54, 1.807) is 12.1 Å². The molecule has 3 heteroatoms. The normalized spacial score (nSPS) is 11.2. The van der Waals surface area contributed by atoms with Crippen molar-refractivity contribution < 1.29 is 14.3 Å². The fourth-order valence-corrected chi connectivity index (χ4v) is 3.41. The van der Waals surface area contributed by atoms with Crippen molar-refractivity contribution in [3.63, 3.8) is 0 Å². The van der Waals surface area contributed by atoms with Crippen molar-refractivity contribution in [3.8, 4) is 0 Å². The summed E-state index contributed by atoms with van der Waals surface area (Å²) in [6.07, 6.45) is 0. The van der Waals surface area contributed by atoms with Gasteiger partial charge >= 0.3 is 5.97 Å². The SMILES string of the molecule is COC(=O)c1ccc2cc(C(=O)c3ccc(C(C)C)cc3C(C)C)ccc2c1. The molecule has 144 valence electrons. The first-order valence-electron chi connectivity index (χ1n) is 9.62. The summed E-state index contributed by atoms with van der Waals surface area (Å²) < 4.78 is 4.77. The highest BCUT2D eigenvalue weighted by molar-refractivity contribution is 6.11. The maximum absolute atomic E-state index is 13.2. The van der Waals surface area contributed by atoms with Crippen LogP contribution in [0.25, 0.3) is 10.8 Å². The van der Waals surface area contributed by atoms with Crippen molar-refractivity contribution in [1.29, 1.82) is 0 Å². The summed E-state index contributed by atoms with van der Waals surface area (Å²) in [4.78, 5) is 25.0. The second-order valence-corrected chi connectivity index (χ2v) is 7.75. The number of carbonyl (C=O) groups excluding carboxylic acids is 2. The number of carbonyl (C=O) groups is 2. The number of methoxy groups -OCH3 is 1. The Kier molecular flexibility index (Phi) is 5.64. The molecule has 0 unspecified atom stereocenters. The topological polar surface area (TPSA) is 43.4 Å². The lowest BCUT2D eigenvalue weighted by molar-refractivity contribution is 0.0600. The van der Waals surface area contributed by atoms with Crippen LogP contribution in [-0.4, -0.2) is 18.9 Å². The number of hydrogen-bond donors (Lipinski definition) is 0. The largest absolute Gasteiger partial charge is 0.465 e. The first kappa shape index (κ1) is 19.8. The van der Waals surface area contributed by atoms with E-state index in [1.807, 2.05) is 36.4 Å². The van der Waals surface area contributed by atoms with Gasteiger partial charge in [-0.25, -0.2) is 4.79 Å². The highest BCUT2D eigenvalue weighted by Gasteiger charge is 2.17. The molecule has 0 spiro atoms. The Morgan fingerprint density at radius 1 is 0.750 bits per heavy atom. The number of fused-ring (bicyclic) bond motifs is 1. The summed E-state index contributed by atoms with van der Waals surface area (Å²) >= 11 is 0. The van der Waals surface area contributed by atoms with Gasteiger partial charge in [-0.1, -0.05) is 64.1 Å². The molecule has 0 aliphatic carbocycles. The predicted molar refractivity (Wildman–Crippen MR) is 113 cm³/mol. The Morgan fingerprint density at radius 3 is 1.93 bits per heavy atom. The third-order valence-corrected chi connectivity index (χ3v) is 5.13. The monoisotopic (exact) mass is 374 g/mol. The van der Waals surface area contributed by atoms with Crippen LogP contribution in [0.15, 0.2) is 54.6 Å². The second-order valence-electron chi connectivity index (χ2n) is 7.75. The van der Waals surface area contributed by atoms with Crippen molar-refractivity contribution in [2.24, 2.45) is 0 Å². The molecule has 0 fully saturated rings. The lowest BCUT2D eigenvalue weighted by atomic mass is 9.88. The van der Waals surface area contributed by atoms with Crippen LogP contribution in [0.1, 0.15) is 76.9 Å². The lowest BCUT2D eigenvalue weighted by Crippen LogP contribution is -2.08. The van der Waals surface area contributed by atoms with Crippen molar-refractivity contribution >= 4 is 22.5 Å². The van der Waals surface area contributed by atoms with Gasteiger partial charge in [0, 0.05) is 11.1 Å². The molecule has 0 N–H and O–H groups in total. The van der Waals surface area contributed by atoms with Crippen molar-refractivity contribution in [2.75, 3.05) is 7.11 Å². The van der Waals surface area contributed by atoms with Crippen LogP contribution in [0.5, 0.6) is 0 Å². The van der Waals surface area contributed by atoms with Crippen LogP contribution >= 0.6 is 0 Å². The molecule has 0 saturated carbocycles. The maximum atomic E-state index is 13.2. The average molecular weight is 374 g/mol. The van der Waals surface area contributed by atoms with E-state index in [9.17, 15) is 9.59 Å². The average Bonchev–Trinajstić information content (AvgIpc) is 2.71. The van der Waals surface area contributed by atoms with Crippen LogP contribution < -0.4 is 0 Å². The summed E-state index contributed by atoms with van der Waals surface area (Å²) in [5, 5.41) is 1.82. The number of benzene rings is 3. The van der Waals surface area contributed by atoms with Crippen LogP contribution in [0.2, 0.25) is 0 Å². The molecule has 0 aromatic heterocycles. The maximum Gasteiger partial charge on any atom is 0.337 e. The zero-order valence-corrected chi connectivity index (χ0v) is 17.1. The number of esters is 1. The Hall–Kier alpha value is -2.94. The first-order chi connectivity index (χ1) is 13.3. The highest BCUT2D eigenvalue weighted by Crippen LogP contribution is 2.28. The molecule has 0 radical (unpaired) electrons. The molecular weight excluding hydrogens is 348 g/mol. The summed E-state index contributed by atoms with van der Waals surface area (Å²) in [5.74, 6) is 0.346. The van der Waals surface area contributed by atoms with Crippen molar-refractivity contribution in [2.45, 2.75) is 39.5 Å². The van der Waals surface area contributed by atoms with Gasteiger partial charge in [0.1, 0.15) is 0 Å². The van der Waals surface area contributed by atoms with Crippen molar-refractivity contribution in [3.05, 3.63) is 82.4 Å². The number of hydrogen-bond acceptors (Lipinski definition) is 3. The molecule has 3 aromatic rings. The molecule has 0 bridgehead atoms. The summed E-state index contributed by atoms with van der Waals surface area (Å²) in [7, 11) is 1.37. The Balaban J connectivity index is 2.02. The Bertz CT molecular complexity index is 1040. The van der Waals surface area contributed by atoms with E-state index >= 15 is 0 Å². The molecular formula is C25H26O3. The standard InChI is InChI=1S/C25H26O3/c1-15(2)17-10-11-22(23(14-17)16(3)4)24(26)20-8-6-19-13-21(25(27)28-5)9-7-18(19)12-20/h6-16H,1-5H3. The molecule has 0 amide bonds. The lowest BCUT2D eigenvalue weighted by Gasteiger charge is -2.16. The zero-order valence-electron chi connectivity index (χ0n) is 17.1. The number of rotatable bonds is 5. The molecule has 0 heterocycles. The Morgan fingerprint density at radius 2 is 1.36 bits per heavy atom. The van der Waals surface area contributed by atoms with Gasteiger partial charge < -0.3 is 4.74 Å². The van der Waals surface area contributed by atoms with E-state index in [4.69, 9.17) is 4.74 Å². The van der Waals surface area contributed by atoms with Gasteiger partial charge in [-0.2, -0.15) is 0 Å². The molecule has 0 atom stereocenters. The molecule has 28 heavy (non-hydrogen) atoms. The minimum Gasteiger partial charge on any atom is -0.465 e.